The first kappa shape index (κ1) is 19.9. The molecule has 2 bridgehead atoms. The Labute approximate surface area is 192 Å². The molecule has 0 spiro atoms. The summed E-state index contributed by atoms with van der Waals surface area (Å²) in [6.07, 6.45) is 0. The van der Waals surface area contributed by atoms with Gasteiger partial charge >= 0.3 is 0 Å². The number of rotatable bonds is 3. The second-order valence-corrected chi connectivity index (χ2v) is 9.31. The maximum Gasteiger partial charge on any atom is 0.239 e. The number of methoxy groups -OCH3 is 1. The molecule has 0 unspecified atom stereocenters. The van der Waals surface area contributed by atoms with Crippen LogP contribution in [-0.2, 0) is 15.0 Å². The van der Waals surface area contributed by atoms with E-state index >= 15 is 0 Å². The highest BCUT2D eigenvalue weighted by atomic mass is 16.5. The Balaban J connectivity index is 1.59. The second-order valence-electron chi connectivity index (χ2n) is 9.31. The van der Waals surface area contributed by atoms with E-state index in [2.05, 4.69) is 31.2 Å². The molecular weight excluding hydrogens is 414 g/mol. The lowest BCUT2D eigenvalue weighted by molar-refractivity contribution is -0.123. The Morgan fingerprint density at radius 3 is 2.09 bits per heavy atom. The van der Waals surface area contributed by atoms with Crippen LogP contribution in [0.5, 0.6) is 5.75 Å². The van der Waals surface area contributed by atoms with Gasteiger partial charge in [0.15, 0.2) is 5.78 Å². The number of amides is 2. The van der Waals surface area contributed by atoms with E-state index < -0.39 is 17.3 Å². The third kappa shape index (κ3) is 2.34. The van der Waals surface area contributed by atoms with E-state index in [0.29, 0.717) is 17.0 Å². The number of hydrogen-bond donors (Lipinski definition) is 0. The molecular formula is C28H23NO4. The van der Waals surface area contributed by atoms with Crippen LogP contribution in [0.25, 0.3) is 0 Å². The normalized spacial score (nSPS) is 26.6. The summed E-state index contributed by atoms with van der Waals surface area (Å²) < 4.78 is 5.50. The van der Waals surface area contributed by atoms with Crippen molar-refractivity contribution < 1.29 is 19.1 Å². The van der Waals surface area contributed by atoms with Crippen molar-refractivity contribution in [2.24, 2.45) is 11.8 Å². The molecule has 33 heavy (non-hydrogen) atoms. The van der Waals surface area contributed by atoms with Crippen LogP contribution in [0.1, 0.15) is 52.4 Å². The summed E-state index contributed by atoms with van der Waals surface area (Å²) in [4.78, 5) is 41.4. The van der Waals surface area contributed by atoms with E-state index in [4.69, 9.17) is 4.74 Å². The summed E-state index contributed by atoms with van der Waals surface area (Å²) in [5, 5.41) is 0. The summed E-state index contributed by atoms with van der Waals surface area (Å²) in [6, 6.07) is 21.2. The van der Waals surface area contributed by atoms with Gasteiger partial charge in [0.1, 0.15) is 5.75 Å². The van der Waals surface area contributed by atoms with Gasteiger partial charge in [-0.3, -0.25) is 14.4 Å². The number of imide groups is 1. The van der Waals surface area contributed by atoms with E-state index in [1.807, 2.05) is 24.3 Å². The third-order valence-electron chi connectivity index (χ3n) is 7.87. The molecule has 0 radical (unpaired) electrons. The molecule has 3 aliphatic carbocycles. The van der Waals surface area contributed by atoms with Crippen molar-refractivity contribution in [1.82, 2.24) is 0 Å². The zero-order valence-electron chi connectivity index (χ0n) is 18.7. The fraction of sp³-hybridized carbons (Fsp3) is 0.250. The van der Waals surface area contributed by atoms with Crippen LogP contribution >= 0.6 is 0 Å². The van der Waals surface area contributed by atoms with Gasteiger partial charge in [0.25, 0.3) is 0 Å². The molecule has 2 amide bonds. The molecule has 0 N–H and O–H groups in total. The van der Waals surface area contributed by atoms with Crippen LogP contribution in [-0.4, -0.2) is 24.7 Å². The first-order chi connectivity index (χ1) is 15.9. The minimum absolute atomic E-state index is 0.137. The summed E-state index contributed by atoms with van der Waals surface area (Å²) in [5.41, 5.74) is 4.61. The van der Waals surface area contributed by atoms with Crippen LogP contribution in [0.3, 0.4) is 0 Å². The van der Waals surface area contributed by atoms with Crippen molar-refractivity contribution in [2.45, 2.75) is 25.2 Å². The van der Waals surface area contributed by atoms with E-state index in [1.54, 1.807) is 18.2 Å². The molecule has 1 aliphatic heterocycles. The van der Waals surface area contributed by atoms with Crippen LogP contribution in [0.15, 0.2) is 66.7 Å². The van der Waals surface area contributed by atoms with Crippen molar-refractivity contribution in [1.29, 1.82) is 0 Å². The molecule has 1 heterocycles. The Kier molecular flexibility index (Phi) is 4.01. The van der Waals surface area contributed by atoms with Gasteiger partial charge in [0.05, 0.1) is 24.6 Å². The van der Waals surface area contributed by atoms with Crippen molar-refractivity contribution in [3.63, 3.8) is 0 Å². The average molecular weight is 437 g/mol. The molecule has 5 nitrogen and oxygen atoms in total. The fourth-order valence-electron chi connectivity index (χ4n) is 6.47. The summed E-state index contributed by atoms with van der Waals surface area (Å²) >= 11 is 0. The van der Waals surface area contributed by atoms with Crippen molar-refractivity contribution in [2.75, 3.05) is 12.0 Å². The largest absolute Gasteiger partial charge is 0.495 e. The Bertz CT molecular complexity index is 1330. The minimum atomic E-state index is -0.625. The maximum atomic E-state index is 14.1. The maximum absolute atomic E-state index is 14.1. The highest BCUT2D eigenvalue weighted by molar-refractivity contribution is 6.24. The van der Waals surface area contributed by atoms with E-state index in [1.165, 1.54) is 18.9 Å². The number of anilines is 1. The Hall–Kier alpha value is -3.73. The fourth-order valence-corrected chi connectivity index (χ4v) is 6.47. The van der Waals surface area contributed by atoms with Gasteiger partial charge < -0.3 is 4.74 Å². The monoisotopic (exact) mass is 437 g/mol. The summed E-state index contributed by atoms with van der Waals surface area (Å²) in [6.45, 7) is 3.56. The van der Waals surface area contributed by atoms with Gasteiger partial charge in [0, 0.05) is 16.9 Å². The number of Topliss-reactive ketones (excluding diaryl/α,β-unsaturated/α-hetero) is 1. The third-order valence-corrected chi connectivity index (χ3v) is 7.87. The summed E-state index contributed by atoms with van der Waals surface area (Å²) in [7, 11) is 1.50. The van der Waals surface area contributed by atoms with Crippen LogP contribution in [0.2, 0.25) is 0 Å². The lowest BCUT2D eigenvalue weighted by Gasteiger charge is -2.52. The lowest BCUT2D eigenvalue weighted by atomic mass is 9.48. The molecule has 0 aromatic heterocycles. The zero-order chi connectivity index (χ0) is 23.1. The molecule has 3 aromatic rings. The first-order valence-electron chi connectivity index (χ1n) is 11.1. The molecule has 2 atom stereocenters. The minimum Gasteiger partial charge on any atom is -0.495 e. The number of carbonyl (C=O) groups is 3. The molecule has 5 heteroatoms. The van der Waals surface area contributed by atoms with Gasteiger partial charge in [-0.15, -0.1) is 0 Å². The molecule has 1 saturated heterocycles. The smallest absolute Gasteiger partial charge is 0.239 e. The molecule has 4 aliphatic rings. The number of ketones is 1. The number of benzene rings is 3. The predicted octanol–water partition coefficient (Wildman–Crippen LogP) is 4.47. The topological polar surface area (TPSA) is 63.7 Å². The van der Waals surface area contributed by atoms with Crippen LogP contribution in [0.4, 0.5) is 5.69 Å². The van der Waals surface area contributed by atoms with E-state index in [-0.39, 0.29) is 23.5 Å². The average Bonchev–Trinajstić information content (AvgIpc) is 3.10. The van der Waals surface area contributed by atoms with Gasteiger partial charge in [-0.25, -0.2) is 4.90 Å². The number of carbonyl (C=O) groups excluding carboxylic acids is 3. The molecule has 164 valence electrons. The summed E-state index contributed by atoms with van der Waals surface area (Å²) in [5.74, 6) is -1.42. The van der Waals surface area contributed by atoms with E-state index in [0.717, 1.165) is 22.3 Å². The van der Waals surface area contributed by atoms with E-state index in [9.17, 15) is 14.4 Å². The second kappa shape index (κ2) is 6.64. The molecule has 0 saturated carbocycles. The molecule has 1 fully saturated rings. The number of ether oxygens (including phenoxy) is 1. The van der Waals surface area contributed by atoms with Crippen molar-refractivity contribution in [3.05, 3.63) is 94.5 Å². The molecule has 7 rings (SSSR count). The van der Waals surface area contributed by atoms with Crippen molar-refractivity contribution in [3.8, 4) is 5.75 Å². The Morgan fingerprint density at radius 2 is 1.52 bits per heavy atom. The number of nitrogens with zero attached hydrogens (tertiary/aromatic N) is 1. The number of hydrogen-bond acceptors (Lipinski definition) is 4. The molecule has 3 aromatic carbocycles. The zero-order valence-corrected chi connectivity index (χ0v) is 18.7. The van der Waals surface area contributed by atoms with Crippen molar-refractivity contribution >= 4 is 23.3 Å². The van der Waals surface area contributed by atoms with Crippen LogP contribution in [0, 0.1) is 11.8 Å². The standard InChI is InChI=1S/C28H23NO4/c1-15(30)16-12-13-22(33-3)21(14-16)29-26(31)24-23-17-8-4-6-10-19(17)28(2,25(24)27(29)32)20-11-7-5-9-18(20)23/h4-14,23-25H,1-3H3/t23?,24-,25+,28?/m0/s1. The highest BCUT2D eigenvalue weighted by Gasteiger charge is 2.66. The quantitative estimate of drug-likeness (QED) is 0.448. The van der Waals surface area contributed by atoms with Gasteiger partial charge in [-0.1, -0.05) is 55.5 Å². The first-order valence-corrected chi connectivity index (χ1v) is 11.1. The SMILES string of the molecule is COc1ccc(C(C)=O)cc1N1C(=O)[C@H]2C3c4ccccc4C(C)(c4ccccc43)[C@H]2C1=O. The lowest BCUT2D eigenvalue weighted by Crippen LogP contribution is -2.51. The van der Waals surface area contributed by atoms with Gasteiger partial charge in [0.2, 0.25) is 11.8 Å². The predicted molar refractivity (Wildman–Crippen MR) is 124 cm³/mol. The van der Waals surface area contributed by atoms with Gasteiger partial charge in [-0.2, -0.15) is 0 Å². The highest BCUT2D eigenvalue weighted by Crippen LogP contribution is 2.64. The van der Waals surface area contributed by atoms with Crippen LogP contribution < -0.4 is 9.64 Å². The van der Waals surface area contributed by atoms with Gasteiger partial charge in [-0.05, 0) is 47.4 Å². The Morgan fingerprint density at radius 1 is 0.909 bits per heavy atom.